The molecule has 0 bridgehead atoms. The lowest BCUT2D eigenvalue weighted by molar-refractivity contribution is -0.141. The topological polar surface area (TPSA) is 59.0 Å². The summed E-state index contributed by atoms with van der Waals surface area (Å²) >= 11 is 0. The molecule has 1 atom stereocenters. The molecule has 0 aliphatic carbocycles. The molecule has 1 fully saturated rings. The number of nitrogens with zero attached hydrogens (tertiary/aromatic N) is 1. The molecule has 0 aromatic rings. The van der Waals surface area contributed by atoms with Crippen molar-refractivity contribution in [2.75, 3.05) is 40.0 Å². The zero-order valence-electron chi connectivity index (χ0n) is 8.44. The van der Waals surface area contributed by atoms with E-state index >= 15 is 0 Å². The third-order valence-electron chi connectivity index (χ3n) is 2.39. The van der Waals surface area contributed by atoms with Crippen LogP contribution >= 0.6 is 0 Å². The van der Waals surface area contributed by atoms with Gasteiger partial charge in [-0.3, -0.25) is 9.69 Å². The molecule has 1 saturated heterocycles. The van der Waals surface area contributed by atoms with Crippen LogP contribution in [0.15, 0.2) is 0 Å². The van der Waals surface area contributed by atoms with Gasteiger partial charge in [0.05, 0.1) is 39.4 Å². The maximum atomic E-state index is 10.9. The van der Waals surface area contributed by atoms with Crippen molar-refractivity contribution < 1.29 is 19.4 Å². The van der Waals surface area contributed by atoms with Gasteiger partial charge in [0.15, 0.2) is 0 Å². The SMILES string of the molecule is COC(=O)CCN1CCOCC1CO. The number of ether oxygens (including phenoxy) is 2. The molecule has 1 aliphatic rings. The Morgan fingerprint density at radius 3 is 3.14 bits per heavy atom. The van der Waals surface area contributed by atoms with Gasteiger partial charge in [-0.1, -0.05) is 0 Å². The summed E-state index contributed by atoms with van der Waals surface area (Å²) < 4.78 is 9.77. The van der Waals surface area contributed by atoms with Crippen molar-refractivity contribution in [1.29, 1.82) is 0 Å². The van der Waals surface area contributed by atoms with Crippen molar-refractivity contribution in [3.63, 3.8) is 0 Å². The van der Waals surface area contributed by atoms with Gasteiger partial charge in [0, 0.05) is 13.1 Å². The summed E-state index contributed by atoms with van der Waals surface area (Å²) in [6, 6.07) is 0.0217. The molecule has 0 amide bonds. The lowest BCUT2D eigenvalue weighted by atomic mass is 10.2. The van der Waals surface area contributed by atoms with Crippen LogP contribution in [0.5, 0.6) is 0 Å². The van der Waals surface area contributed by atoms with Crippen LogP contribution < -0.4 is 0 Å². The average Bonchev–Trinajstić information content (AvgIpc) is 2.26. The normalized spacial score (nSPS) is 23.4. The third kappa shape index (κ3) is 3.25. The smallest absolute Gasteiger partial charge is 0.306 e. The second-order valence-electron chi connectivity index (χ2n) is 3.27. The molecule has 1 unspecified atom stereocenters. The number of hydrogen-bond acceptors (Lipinski definition) is 5. The number of carbonyl (C=O) groups excluding carboxylic acids is 1. The van der Waals surface area contributed by atoms with Crippen LogP contribution in [0.1, 0.15) is 6.42 Å². The molecule has 82 valence electrons. The van der Waals surface area contributed by atoms with E-state index in [2.05, 4.69) is 9.64 Å². The average molecular weight is 203 g/mol. The van der Waals surface area contributed by atoms with Crippen molar-refractivity contribution in [2.45, 2.75) is 12.5 Å². The second kappa shape index (κ2) is 5.95. The van der Waals surface area contributed by atoms with Crippen LogP contribution in [-0.2, 0) is 14.3 Å². The summed E-state index contributed by atoms with van der Waals surface area (Å²) in [5, 5.41) is 9.05. The standard InChI is InChI=1S/C9H17NO4/c1-13-9(12)2-3-10-4-5-14-7-8(10)6-11/h8,11H,2-7H2,1H3. The van der Waals surface area contributed by atoms with Gasteiger partial charge in [-0.25, -0.2) is 0 Å². The minimum absolute atomic E-state index is 0.0217. The minimum atomic E-state index is -0.215. The summed E-state index contributed by atoms with van der Waals surface area (Å²) in [7, 11) is 1.38. The maximum Gasteiger partial charge on any atom is 0.306 e. The molecule has 1 rings (SSSR count). The molecule has 0 radical (unpaired) electrons. The van der Waals surface area contributed by atoms with Crippen molar-refractivity contribution in [2.24, 2.45) is 0 Å². The molecular weight excluding hydrogens is 186 g/mol. The maximum absolute atomic E-state index is 10.9. The van der Waals surface area contributed by atoms with Gasteiger partial charge in [0.2, 0.25) is 0 Å². The molecule has 5 nitrogen and oxygen atoms in total. The summed E-state index contributed by atoms with van der Waals surface area (Å²) in [5.41, 5.74) is 0. The monoisotopic (exact) mass is 203 g/mol. The van der Waals surface area contributed by atoms with Crippen molar-refractivity contribution in [3.8, 4) is 0 Å². The van der Waals surface area contributed by atoms with Gasteiger partial charge in [0.25, 0.3) is 0 Å². The first-order valence-corrected chi connectivity index (χ1v) is 4.77. The zero-order chi connectivity index (χ0) is 10.4. The van der Waals surface area contributed by atoms with Crippen LogP contribution in [0.25, 0.3) is 0 Å². The van der Waals surface area contributed by atoms with Gasteiger partial charge in [-0.05, 0) is 0 Å². The number of hydrogen-bond donors (Lipinski definition) is 1. The van der Waals surface area contributed by atoms with Gasteiger partial charge in [-0.15, -0.1) is 0 Å². The van der Waals surface area contributed by atoms with E-state index in [9.17, 15) is 4.79 Å². The van der Waals surface area contributed by atoms with E-state index in [0.29, 0.717) is 26.2 Å². The van der Waals surface area contributed by atoms with Crippen LogP contribution in [0, 0.1) is 0 Å². The van der Waals surface area contributed by atoms with Crippen LogP contribution in [0.4, 0.5) is 0 Å². The Morgan fingerprint density at radius 1 is 1.71 bits per heavy atom. The van der Waals surface area contributed by atoms with Gasteiger partial charge < -0.3 is 14.6 Å². The van der Waals surface area contributed by atoms with Crippen LogP contribution in [0.2, 0.25) is 0 Å². The summed E-state index contributed by atoms with van der Waals surface area (Å²) in [5.74, 6) is -0.215. The number of methoxy groups -OCH3 is 1. The minimum Gasteiger partial charge on any atom is -0.469 e. The molecule has 0 aromatic carbocycles. The van der Waals surface area contributed by atoms with Crippen molar-refractivity contribution in [3.05, 3.63) is 0 Å². The number of carbonyl (C=O) groups is 1. The summed E-state index contributed by atoms with van der Waals surface area (Å²) in [4.78, 5) is 13.0. The Morgan fingerprint density at radius 2 is 2.50 bits per heavy atom. The van der Waals surface area contributed by atoms with E-state index in [1.807, 2.05) is 0 Å². The number of morpholine rings is 1. The van der Waals surface area contributed by atoms with E-state index in [0.717, 1.165) is 6.54 Å². The van der Waals surface area contributed by atoms with Gasteiger partial charge >= 0.3 is 5.97 Å². The largest absolute Gasteiger partial charge is 0.469 e. The molecule has 0 spiro atoms. The highest BCUT2D eigenvalue weighted by molar-refractivity contribution is 5.69. The molecule has 0 saturated carbocycles. The second-order valence-corrected chi connectivity index (χ2v) is 3.27. The molecular formula is C9H17NO4. The van der Waals surface area contributed by atoms with Gasteiger partial charge in [0.1, 0.15) is 0 Å². The lowest BCUT2D eigenvalue weighted by Gasteiger charge is -2.33. The number of rotatable bonds is 4. The van der Waals surface area contributed by atoms with Crippen LogP contribution in [-0.4, -0.2) is 62.0 Å². The molecule has 1 aliphatic heterocycles. The van der Waals surface area contributed by atoms with Gasteiger partial charge in [-0.2, -0.15) is 0 Å². The van der Waals surface area contributed by atoms with Crippen molar-refractivity contribution in [1.82, 2.24) is 4.90 Å². The van der Waals surface area contributed by atoms with E-state index in [1.54, 1.807) is 0 Å². The van der Waals surface area contributed by atoms with E-state index in [1.165, 1.54) is 7.11 Å². The van der Waals surface area contributed by atoms with E-state index < -0.39 is 0 Å². The highest BCUT2D eigenvalue weighted by Gasteiger charge is 2.22. The quantitative estimate of drug-likeness (QED) is 0.609. The predicted octanol–water partition coefficient (Wildman–Crippen LogP) is -0.757. The molecule has 5 heteroatoms. The molecule has 0 aromatic heterocycles. The number of aliphatic hydroxyl groups excluding tert-OH is 1. The first-order valence-electron chi connectivity index (χ1n) is 4.77. The Kier molecular flexibility index (Phi) is 4.86. The Hall–Kier alpha value is -0.650. The highest BCUT2D eigenvalue weighted by atomic mass is 16.5. The first kappa shape index (κ1) is 11.4. The Balaban J connectivity index is 2.29. The lowest BCUT2D eigenvalue weighted by Crippen LogP contribution is -2.48. The Bertz CT molecular complexity index is 186. The fourth-order valence-corrected chi connectivity index (χ4v) is 1.49. The fourth-order valence-electron chi connectivity index (χ4n) is 1.49. The Labute approximate surface area is 83.6 Å². The first-order chi connectivity index (χ1) is 6.77. The predicted molar refractivity (Wildman–Crippen MR) is 49.9 cm³/mol. The molecule has 1 heterocycles. The number of aliphatic hydroxyl groups is 1. The van der Waals surface area contributed by atoms with Crippen LogP contribution in [0.3, 0.4) is 0 Å². The van der Waals surface area contributed by atoms with E-state index in [4.69, 9.17) is 9.84 Å². The number of esters is 1. The highest BCUT2D eigenvalue weighted by Crippen LogP contribution is 2.06. The zero-order valence-corrected chi connectivity index (χ0v) is 8.44. The molecule has 1 N–H and O–H groups in total. The molecule has 14 heavy (non-hydrogen) atoms. The van der Waals surface area contributed by atoms with E-state index in [-0.39, 0.29) is 18.6 Å². The summed E-state index contributed by atoms with van der Waals surface area (Å²) in [6.45, 7) is 2.67. The third-order valence-corrected chi connectivity index (χ3v) is 2.39. The van der Waals surface area contributed by atoms with Crippen molar-refractivity contribution >= 4 is 5.97 Å². The summed E-state index contributed by atoms with van der Waals surface area (Å²) in [6.07, 6.45) is 0.368. The fraction of sp³-hybridized carbons (Fsp3) is 0.889.